The lowest BCUT2D eigenvalue weighted by Gasteiger charge is -2.10. The Bertz CT molecular complexity index is 1050. The molecule has 0 aliphatic carbocycles. The largest absolute Gasteiger partial charge is 0.437 e. The molecule has 0 saturated heterocycles. The van der Waals surface area contributed by atoms with E-state index in [4.69, 9.17) is 51.1 Å². The first-order valence-electron chi connectivity index (χ1n) is 7.99. The average Bonchev–Trinajstić information content (AvgIpc) is 2.65. The maximum atomic E-state index is 12.2. The van der Waals surface area contributed by atoms with E-state index in [0.717, 1.165) is 0 Å². The fourth-order valence-corrected chi connectivity index (χ4v) is 3.24. The van der Waals surface area contributed by atoms with Crippen LogP contribution in [0.15, 0.2) is 54.7 Å². The highest BCUT2D eigenvalue weighted by Gasteiger charge is 2.17. The van der Waals surface area contributed by atoms with Crippen LogP contribution in [-0.2, 0) is 0 Å². The predicted molar refractivity (Wildman–Crippen MR) is 114 cm³/mol. The molecule has 2 N–H and O–H groups in total. The van der Waals surface area contributed by atoms with Crippen LogP contribution >= 0.6 is 46.4 Å². The lowest BCUT2D eigenvalue weighted by atomic mass is 10.2. The van der Waals surface area contributed by atoms with Crippen LogP contribution < -0.4 is 15.4 Å². The highest BCUT2D eigenvalue weighted by atomic mass is 35.5. The molecule has 0 bridgehead atoms. The molecule has 0 radical (unpaired) electrons. The van der Waals surface area contributed by atoms with Gasteiger partial charge in [0.1, 0.15) is 5.75 Å². The van der Waals surface area contributed by atoms with Gasteiger partial charge in [0.2, 0.25) is 5.88 Å². The Hall–Kier alpha value is -2.51. The summed E-state index contributed by atoms with van der Waals surface area (Å²) in [7, 11) is 0. The number of rotatable bonds is 4. The fourth-order valence-electron chi connectivity index (χ4n) is 2.23. The van der Waals surface area contributed by atoms with Crippen molar-refractivity contribution in [1.29, 1.82) is 0 Å². The standard InChI is InChI=1S/C19H11Cl4N3O3/c20-10-4-6-15(14(23)8-10)29-16-7-5-11(9-24-16)25-19(28)26-18(27)17-12(21)2-1-3-13(17)22/h1-9H,(H2,25,26,27,28). The highest BCUT2D eigenvalue weighted by Crippen LogP contribution is 2.31. The summed E-state index contributed by atoms with van der Waals surface area (Å²) in [6, 6.07) is 11.7. The summed E-state index contributed by atoms with van der Waals surface area (Å²) in [5.74, 6) is -0.105. The number of nitrogens with zero attached hydrogens (tertiary/aromatic N) is 1. The molecule has 1 heterocycles. The van der Waals surface area contributed by atoms with E-state index in [1.807, 2.05) is 0 Å². The predicted octanol–water partition coefficient (Wildman–Crippen LogP) is 6.45. The van der Waals surface area contributed by atoms with Crippen LogP contribution in [0.3, 0.4) is 0 Å². The van der Waals surface area contributed by atoms with Gasteiger partial charge in [0.15, 0.2) is 0 Å². The second-order valence-corrected chi connectivity index (χ2v) is 7.22. The summed E-state index contributed by atoms with van der Waals surface area (Å²) in [4.78, 5) is 28.3. The Balaban J connectivity index is 1.62. The third-order valence-corrected chi connectivity index (χ3v) is 4.68. The first kappa shape index (κ1) is 21.2. The van der Waals surface area contributed by atoms with E-state index in [1.54, 1.807) is 30.3 Å². The third kappa shape index (κ3) is 5.52. The number of nitrogens with one attached hydrogen (secondary N) is 2. The fraction of sp³-hybridized carbons (Fsp3) is 0. The van der Waals surface area contributed by atoms with Crippen molar-refractivity contribution in [1.82, 2.24) is 10.3 Å². The molecule has 2 aromatic carbocycles. The number of halogens is 4. The molecular weight excluding hydrogens is 460 g/mol. The Morgan fingerprint density at radius 1 is 0.897 bits per heavy atom. The molecule has 0 atom stereocenters. The number of carbonyl (C=O) groups excluding carboxylic acids is 2. The number of aromatic nitrogens is 1. The van der Waals surface area contributed by atoms with Crippen LogP contribution in [0.5, 0.6) is 11.6 Å². The zero-order valence-corrected chi connectivity index (χ0v) is 17.4. The van der Waals surface area contributed by atoms with Gasteiger partial charge in [-0.05, 0) is 36.4 Å². The van der Waals surface area contributed by atoms with E-state index >= 15 is 0 Å². The maximum absolute atomic E-state index is 12.2. The van der Waals surface area contributed by atoms with Crippen LogP contribution in [0.1, 0.15) is 10.4 Å². The SMILES string of the molecule is O=C(NC(=O)c1c(Cl)cccc1Cl)Nc1ccc(Oc2ccc(Cl)cc2Cl)nc1. The van der Waals surface area contributed by atoms with Gasteiger partial charge in [0, 0.05) is 11.1 Å². The van der Waals surface area contributed by atoms with Crippen LogP contribution in [0.4, 0.5) is 10.5 Å². The molecule has 1 aromatic heterocycles. The lowest BCUT2D eigenvalue weighted by Crippen LogP contribution is -2.34. The van der Waals surface area contributed by atoms with Gasteiger partial charge in [-0.15, -0.1) is 0 Å². The van der Waals surface area contributed by atoms with E-state index in [1.165, 1.54) is 24.4 Å². The minimum absolute atomic E-state index is 0.00713. The van der Waals surface area contributed by atoms with E-state index in [2.05, 4.69) is 15.6 Å². The highest BCUT2D eigenvalue weighted by molar-refractivity contribution is 6.40. The number of hydrogen-bond donors (Lipinski definition) is 2. The van der Waals surface area contributed by atoms with Crippen molar-refractivity contribution in [2.45, 2.75) is 0 Å². The monoisotopic (exact) mass is 469 g/mol. The van der Waals surface area contributed by atoms with Gasteiger partial charge in [-0.2, -0.15) is 0 Å². The topological polar surface area (TPSA) is 80.3 Å². The Kier molecular flexibility index (Phi) is 6.82. The summed E-state index contributed by atoms with van der Waals surface area (Å²) >= 11 is 23.8. The molecule has 0 fully saturated rings. The smallest absolute Gasteiger partial charge is 0.326 e. The number of pyridine rings is 1. The van der Waals surface area contributed by atoms with Gasteiger partial charge in [-0.1, -0.05) is 52.5 Å². The van der Waals surface area contributed by atoms with Crippen molar-refractivity contribution < 1.29 is 14.3 Å². The number of imide groups is 1. The molecule has 0 aliphatic rings. The Labute approximate surface area is 185 Å². The molecule has 0 saturated carbocycles. The minimum Gasteiger partial charge on any atom is -0.437 e. The van der Waals surface area contributed by atoms with Crippen molar-refractivity contribution in [3.63, 3.8) is 0 Å². The Morgan fingerprint density at radius 2 is 1.62 bits per heavy atom. The molecule has 10 heteroatoms. The summed E-state index contributed by atoms with van der Waals surface area (Å²) in [6.07, 6.45) is 1.35. The van der Waals surface area contributed by atoms with Gasteiger partial charge in [-0.25, -0.2) is 9.78 Å². The number of anilines is 1. The molecule has 6 nitrogen and oxygen atoms in total. The second-order valence-electron chi connectivity index (χ2n) is 5.57. The van der Waals surface area contributed by atoms with Crippen LogP contribution in [0.25, 0.3) is 0 Å². The number of hydrogen-bond acceptors (Lipinski definition) is 4. The third-order valence-electron chi connectivity index (χ3n) is 3.52. The van der Waals surface area contributed by atoms with Crippen molar-refractivity contribution in [2.24, 2.45) is 0 Å². The first-order chi connectivity index (χ1) is 13.8. The van der Waals surface area contributed by atoms with Gasteiger partial charge in [-0.3, -0.25) is 10.1 Å². The van der Waals surface area contributed by atoms with Crippen LogP contribution in [0, 0.1) is 0 Å². The molecule has 29 heavy (non-hydrogen) atoms. The maximum Gasteiger partial charge on any atom is 0.326 e. The number of amides is 3. The van der Waals surface area contributed by atoms with Crippen molar-refractivity contribution >= 4 is 64.0 Å². The van der Waals surface area contributed by atoms with Crippen molar-refractivity contribution in [3.8, 4) is 11.6 Å². The molecule has 3 aromatic rings. The number of urea groups is 1. The van der Waals surface area contributed by atoms with E-state index < -0.39 is 11.9 Å². The zero-order valence-electron chi connectivity index (χ0n) is 14.4. The molecule has 3 amide bonds. The summed E-state index contributed by atoms with van der Waals surface area (Å²) in [5.41, 5.74) is 0.336. The van der Waals surface area contributed by atoms with Gasteiger partial charge < -0.3 is 10.1 Å². The number of carbonyl (C=O) groups is 2. The molecule has 3 rings (SSSR count). The molecule has 0 unspecified atom stereocenters. The minimum atomic E-state index is -0.776. The lowest BCUT2D eigenvalue weighted by molar-refractivity contribution is 0.0967. The molecule has 148 valence electrons. The van der Waals surface area contributed by atoms with Gasteiger partial charge >= 0.3 is 6.03 Å². The Morgan fingerprint density at radius 3 is 2.24 bits per heavy atom. The molecule has 0 spiro atoms. The number of benzene rings is 2. The van der Waals surface area contributed by atoms with E-state index in [-0.39, 0.29) is 21.5 Å². The first-order valence-corrected chi connectivity index (χ1v) is 9.50. The zero-order chi connectivity index (χ0) is 21.0. The van der Waals surface area contributed by atoms with Crippen LogP contribution in [-0.4, -0.2) is 16.9 Å². The van der Waals surface area contributed by atoms with E-state index in [0.29, 0.717) is 21.5 Å². The average molecular weight is 471 g/mol. The number of ether oxygens (including phenoxy) is 1. The van der Waals surface area contributed by atoms with Gasteiger partial charge in [0.25, 0.3) is 5.91 Å². The van der Waals surface area contributed by atoms with E-state index in [9.17, 15) is 9.59 Å². The van der Waals surface area contributed by atoms with Crippen molar-refractivity contribution in [2.75, 3.05) is 5.32 Å². The quantitative estimate of drug-likeness (QED) is 0.459. The van der Waals surface area contributed by atoms with Crippen LogP contribution in [0.2, 0.25) is 20.1 Å². The normalized spacial score (nSPS) is 10.3. The summed E-state index contributed by atoms with van der Waals surface area (Å²) in [6.45, 7) is 0. The molecular formula is C19H11Cl4N3O3. The summed E-state index contributed by atoms with van der Waals surface area (Å²) < 4.78 is 5.56. The molecule has 0 aliphatic heterocycles. The second kappa shape index (κ2) is 9.33. The van der Waals surface area contributed by atoms with Crippen molar-refractivity contribution in [3.05, 3.63) is 80.4 Å². The summed E-state index contributed by atoms with van der Waals surface area (Å²) in [5, 5.41) is 5.69. The van der Waals surface area contributed by atoms with Gasteiger partial charge in [0.05, 0.1) is 32.5 Å².